The van der Waals surface area contributed by atoms with Crippen LogP contribution in [0.2, 0.25) is 0 Å². The third-order valence-corrected chi connectivity index (χ3v) is 3.98. The zero-order valence-electron chi connectivity index (χ0n) is 18.6. The summed E-state index contributed by atoms with van der Waals surface area (Å²) in [4.78, 5) is 22.5. The zero-order chi connectivity index (χ0) is 28.4. The third-order valence-electron chi connectivity index (χ3n) is 2.92. The number of carbonyl (C=O) groups excluding carboxylic acids is 2. The highest BCUT2D eigenvalue weighted by Crippen LogP contribution is 2.14. The van der Waals surface area contributed by atoms with Crippen molar-refractivity contribution < 1.29 is 27.1 Å². The van der Waals surface area contributed by atoms with Crippen molar-refractivity contribution >= 4 is 89.8 Å². The molecule has 2 rings (SSSR count). The van der Waals surface area contributed by atoms with E-state index in [1.165, 1.54) is 0 Å². The highest BCUT2D eigenvalue weighted by atomic mass is 79.9. The lowest BCUT2D eigenvalue weighted by atomic mass is 10.3. The Kier molecular flexibility index (Phi) is 15.7. The van der Waals surface area contributed by atoms with E-state index in [0.29, 0.717) is 11.4 Å². The Bertz CT molecular complexity index is 1150. The Labute approximate surface area is 227 Å². The minimum absolute atomic E-state index is 0.201. The molecule has 200 valence electrons. The largest absolute Gasteiger partial charge is 0.394 e. The second-order valence-electron chi connectivity index (χ2n) is 5.98. The van der Waals surface area contributed by atoms with Crippen molar-refractivity contribution in [3.8, 4) is 0 Å². The Morgan fingerprint density at radius 2 is 0.973 bits per heavy atom. The number of halogens is 2. The topological polar surface area (TPSA) is 286 Å². The summed E-state index contributed by atoms with van der Waals surface area (Å²) in [6, 6.07) is 14.2. The predicted molar refractivity (Wildman–Crippen MR) is 148 cm³/mol. The standard InChI is InChI=1S/2C9H10BrN5O.H2O4S/c2*10-6-1-3-7(4-2-6)14-8(16)5-13-15-9(11)12;1-5(2,3)4/h2*1-5H,(H,14,16)(H4,11,12,15);(H2,1,2,3,4). The van der Waals surface area contributed by atoms with Gasteiger partial charge >= 0.3 is 10.4 Å². The average molecular weight is 666 g/mol. The molecule has 16 nitrogen and oxygen atoms in total. The van der Waals surface area contributed by atoms with Gasteiger partial charge in [0.1, 0.15) is 12.4 Å². The van der Waals surface area contributed by atoms with Gasteiger partial charge in [0.25, 0.3) is 11.8 Å². The van der Waals surface area contributed by atoms with Crippen molar-refractivity contribution in [1.29, 1.82) is 0 Å². The van der Waals surface area contributed by atoms with E-state index in [1.807, 2.05) is 24.3 Å². The summed E-state index contributed by atoms with van der Waals surface area (Å²) in [5, 5.41) is 18.5. The molecular weight excluding hydrogens is 644 g/mol. The van der Waals surface area contributed by atoms with E-state index in [4.69, 9.17) is 40.5 Å². The minimum Gasteiger partial charge on any atom is -0.369 e. The quantitative estimate of drug-likeness (QED) is 0.0921. The molecule has 0 aliphatic carbocycles. The third kappa shape index (κ3) is 22.3. The van der Waals surface area contributed by atoms with Gasteiger partial charge in [-0.05, 0) is 48.5 Å². The van der Waals surface area contributed by atoms with Crippen molar-refractivity contribution in [1.82, 2.24) is 0 Å². The van der Waals surface area contributed by atoms with Gasteiger partial charge in [0.15, 0.2) is 0 Å². The van der Waals surface area contributed by atoms with Crippen molar-refractivity contribution in [3.05, 3.63) is 57.5 Å². The van der Waals surface area contributed by atoms with Crippen LogP contribution in [0.3, 0.4) is 0 Å². The van der Waals surface area contributed by atoms with Crippen LogP contribution in [0.1, 0.15) is 0 Å². The van der Waals surface area contributed by atoms with Gasteiger partial charge in [-0.15, -0.1) is 20.4 Å². The fraction of sp³-hybridized carbons (Fsp3) is 0. The molecule has 0 bridgehead atoms. The molecule has 0 unspecified atom stereocenters. The summed E-state index contributed by atoms with van der Waals surface area (Å²) < 4.78 is 33.4. The number of hydrogen-bond acceptors (Lipinski definition) is 8. The van der Waals surface area contributed by atoms with E-state index < -0.39 is 22.2 Å². The van der Waals surface area contributed by atoms with Gasteiger partial charge in [-0.25, -0.2) is 0 Å². The van der Waals surface area contributed by atoms with Crippen LogP contribution < -0.4 is 33.6 Å². The molecule has 0 aromatic heterocycles. The molecule has 0 radical (unpaired) electrons. The van der Waals surface area contributed by atoms with Crippen molar-refractivity contribution in [2.75, 3.05) is 10.6 Å². The molecule has 2 aromatic carbocycles. The van der Waals surface area contributed by atoms with Crippen LogP contribution in [0.15, 0.2) is 77.9 Å². The average Bonchev–Trinajstić information content (AvgIpc) is 2.76. The summed E-state index contributed by atoms with van der Waals surface area (Å²) in [6.07, 6.45) is 1.98. The summed E-state index contributed by atoms with van der Waals surface area (Å²) in [5.74, 6) is -1.22. The van der Waals surface area contributed by atoms with E-state index in [1.54, 1.807) is 24.3 Å². The summed E-state index contributed by atoms with van der Waals surface area (Å²) in [7, 11) is -4.67. The van der Waals surface area contributed by atoms with Gasteiger partial charge in [-0.3, -0.25) is 18.7 Å². The van der Waals surface area contributed by atoms with Crippen LogP contribution in [-0.4, -0.2) is 53.7 Å². The van der Waals surface area contributed by atoms with E-state index >= 15 is 0 Å². The van der Waals surface area contributed by atoms with Crippen molar-refractivity contribution in [3.63, 3.8) is 0 Å². The number of hydrogen-bond donors (Lipinski definition) is 8. The molecule has 0 spiro atoms. The predicted octanol–water partition coefficient (Wildman–Crippen LogP) is 0.641. The molecule has 12 N–H and O–H groups in total. The second kappa shape index (κ2) is 17.5. The van der Waals surface area contributed by atoms with E-state index in [9.17, 15) is 9.59 Å². The molecule has 2 amide bonds. The van der Waals surface area contributed by atoms with E-state index in [2.05, 4.69) is 62.9 Å². The normalized spacial score (nSPS) is 10.3. The lowest BCUT2D eigenvalue weighted by molar-refractivity contribution is -0.110. The van der Waals surface area contributed by atoms with Gasteiger partial charge in [0.05, 0.1) is 0 Å². The first-order valence-corrected chi connectivity index (χ1v) is 12.2. The number of carbonyl (C=O) groups is 2. The first kappa shape index (κ1) is 33.1. The molecule has 2 aromatic rings. The minimum atomic E-state index is -4.67. The monoisotopic (exact) mass is 664 g/mol. The molecule has 0 saturated carbocycles. The number of guanidine groups is 2. The molecule has 0 saturated heterocycles. The molecule has 0 fully saturated rings. The van der Waals surface area contributed by atoms with Gasteiger partial charge in [-0.2, -0.15) is 8.42 Å². The number of amides is 2. The molecule has 0 aliphatic heterocycles. The van der Waals surface area contributed by atoms with E-state index in [-0.39, 0.29) is 11.9 Å². The lowest BCUT2D eigenvalue weighted by Gasteiger charge is -2.00. The van der Waals surface area contributed by atoms with Gasteiger partial charge < -0.3 is 33.6 Å². The van der Waals surface area contributed by atoms with Gasteiger partial charge in [0, 0.05) is 20.3 Å². The first-order valence-electron chi connectivity index (χ1n) is 9.22. The number of anilines is 2. The summed E-state index contributed by atoms with van der Waals surface area (Å²) in [5.41, 5.74) is 21.4. The van der Waals surface area contributed by atoms with Crippen LogP contribution in [0.5, 0.6) is 0 Å². The van der Waals surface area contributed by atoms with Crippen LogP contribution in [0, 0.1) is 0 Å². The molecule has 19 heteroatoms. The number of nitrogens with zero attached hydrogens (tertiary/aromatic N) is 4. The van der Waals surface area contributed by atoms with Crippen LogP contribution in [0.4, 0.5) is 11.4 Å². The fourth-order valence-corrected chi connectivity index (χ4v) is 2.24. The highest BCUT2D eigenvalue weighted by Gasteiger charge is 1.98. The molecule has 37 heavy (non-hydrogen) atoms. The zero-order valence-corrected chi connectivity index (χ0v) is 22.6. The number of rotatable bonds is 6. The van der Waals surface area contributed by atoms with Crippen molar-refractivity contribution in [2.24, 2.45) is 43.3 Å². The van der Waals surface area contributed by atoms with Crippen molar-refractivity contribution in [2.45, 2.75) is 0 Å². The second-order valence-corrected chi connectivity index (χ2v) is 8.71. The molecule has 0 aliphatic rings. The summed E-state index contributed by atoms with van der Waals surface area (Å²) >= 11 is 6.57. The fourth-order valence-electron chi connectivity index (χ4n) is 1.71. The maximum atomic E-state index is 11.3. The van der Waals surface area contributed by atoms with Crippen LogP contribution in [0.25, 0.3) is 0 Å². The Morgan fingerprint density at radius 1 is 0.703 bits per heavy atom. The maximum Gasteiger partial charge on any atom is 0.394 e. The molecular formula is C18H22Br2N10O6S. The number of nitrogens with two attached hydrogens (primary N) is 4. The smallest absolute Gasteiger partial charge is 0.369 e. The Morgan fingerprint density at radius 3 is 1.22 bits per heavy atom. The van der Waals surface area contributed by atoms with Gasteiger partial charge in [0.2, 0.25) is 11.9 Å². The number of nitrogens with one attached hydrogen (secondary N) is 2. The molecule has 0 heterocycles. The maximum absolute atomic E-state index is 11.3. The molecule has 0 atom stereocenters. The van der Waals surface area contributed by atoms with Gasteiger partial charge in [-0.1, -0.05) is 31.9 Å². The Hall–Kier alpha value is -3.91. The lowest BCUT2D eigenvalue weighted by Crippen LogP contribution is -2.22. The highest BCUT2D eigenvalue weighted by molar-refractivity contribution is 9.10. The SMILES string of the molecule is NC(N)=NN=CC(=O)Nc1ccc(Br)cc1.NC(N)=NN=CC(=O)Nc1ccc(Br)cc1.O=S(=O)(O)O. The van der Waals surface area contributed by atoms with Crippen LogP contribution >= 0.6 is 31.9 Å². The Balaban J connectivity index is 0.000000594. The van der Waals surface area contributed by atoms with Crippen LogP contribution in [-0.2, 0) is 20.0 Å². The summed E-state index contributed by atoms with van der Waals surface area (Å²) in [6.45, 7) is 0. The van der Waals surface area contributed by atoms with E-state index in [0.717, 1.165) is 21.4 Å². The first-order chi connectivity index (χ1) is 17.2. The number of benzene rings is 2.